The zero-order chi connectivity index (χ0) is 20.2. The number of rotatable bonds is 8. The van der Waals surface area contributed by atoms with Crippen molar-refractivity contribution in [3.05, 3.63) is 102 Å². The third-order valence-corrected chi connectivity index (χ3v) is 5.50. The molecular weight excluding hydrogens is 406 g/mol. The van der Waals surface area contributed by atoms with Crippen LogP contribution in [0.25, 0.3) is 0 Å². The van der Waals surface area contributed by atoms with Crippen molar-refractivity contribution in [2.45, 2.75) is 33.4 Å². The van der Waals surface area contributed by atoms with E-state index < -0.39 is 7.60 Å². The molecule has 3 rings (SSSR count). The molecule has 0 bridgehead atoms. The van der Waals surface area contributed by atoms with E-state index in [2.05, 4.69) is 13.3 Å². The first kappa shape index (κ1) is 26.0. The van der Waals surface area contributed by atoms with Gasteiger partial charge in [-0.3, -0.25) is 0 Å². The molecule has 0 saturated heterocycles. The fourth-order valence-corrected chi connectivity index (χ4v) is 4.30. The normalized spacial score (nSPS) is 10.0. The molecule has 0 aliphatic rings. The predicted octanol–water partition coefficient (Wildman–Crippen LogP) is 4.53. The Morgan fingerprint density at radius 2 is 1.21 bits per heavy atom. The Hall–Kier alpha value is -1.00. The molecule has 3 nitrogen and oxygen atoms in total. The topological polar surface area (TPSA) is 35.5 Å². The third-order valence-electron chi connectivity index (χ3n) is 3.77. The second kappa shape index (κ2) is 14.1. The first-order chi connectivity index (χ1) is 13.7. The first-order valence-corrected chi connectivity index (χ1v) is 11.4. The molecule has 0 unspecified atom stereocenters. The molecule has 0 N–H and O–H groups in total. The maximum atomic E-state index is 13.5. The van der Waals surface area contributed by atoms with Crippen molar-refractivity contribution >= 4 is 7.60 Å². The van der Waals surface area contributed by atoms with Crippen molar-refractivity contribution in [3.8, 4) is 11.5 Å². The molecule has 0 aromatic heterocycles. The van der Waals surface area contributed by atoms with Gasteiger partial charge < -0.3 is 9.05 Å². The summed E-state index contributed by atoms with van der Waals surface area (Å²) >= 11 is 0. The largest absolute Gasteiger partial charge is 1.00 e. The van der Waals surface area contributed by atoms with Crippen molar-refractivity contribution < 1.29 is 65.0 Å². The maximum Gasteiger partial charge on any atom is 1.00 e. The minimum atomic E-state index is -3.43. The Morgan fingerprint density at radius 1 is 0.759 bits per heavy atom. The van der Waals surface area contributed by atoms with Crippen molar-refractivity contribution in [2.24, 2.45) is 0 Å². The second-order valence-corrected chi connectivity index (χ2v) is 7.83. The molecule has 0 amide bonds. The average molecular weight is 435 g/mol. The van der Waals surface area contributed by atoms with Gasteiger partial charge in [0.05, 0.1) is 6.16 Å². The summed E-state index contributed by atoms with van der Waals surface area (Å²) < 4.78 is 25.1. The van der Waals surface area contributed by atoms with Crippen molar-refractivity contribution in [1.29, 1.82) is 0 Å². The maximum absolute atomic E-state index is 13.5. The van der Waals surface area contributed by atoms with Crippen LogP contribution in [-0.2, 0) is 10.7 Å². The van der Waals surface area contributed by atoms with E-state index in [1.54, 1.807) is 24.3 Å². The van der Waals surface area contributed by atoms with Gasteiger partial charge in [0, 0.05) is 0 Å². The van der Waals surface area contributed by atoms with E-state index in [0.29, 0.717) is 11.5 Å². The van der Waals surface area contributed by atoms with Gasteiger partial charge in [-0.2, -0.15) is 24.1 Å². The smallest absolute Gasteiger partial charge is 0.416 e. The summed E-state index contributed by atoms with van der Waals surface area (Å²) in [5.74, 6) is 1.06. The molecular formula is C24H28KO3P. The average Bonchev–Trinajstić information content (AvgIpc) is 2.72. The summed E-state index contributed by atoms with van der Waals surface area (Å²) in [5.41, 5.74) is 2.06. The van der Waals surface area contributed by atoms with E-state index in [9.17, 15) is 4.57 Å². The van der Waals surface area contributed by atoms with Crippen LogP contribution in [0, 0.1) is 6.42 Å². The SMILES string of the molecule is CC.CC[CH-]c1ccc(CP(=O)(Oc2ccccc2)Oc2ccccc2)cc1.[K+]. The Balaban J connectivity index is 0.00000136. The van der Waals surface area contributed by atoms with Crippen LogP contribution in [0.2, 0.25) is 0 Å². The van der Waals surface area contributed by atoms with Crippen molar-refractivity contribution in [3.63, 3.8) is 0 Å². The van der Waals surface area contributed by atoms with Crippen LogP contribution in [-0.4, -0.2) is 0 Å². The first-order valence-electron chi connectivity index (χ1n) is 9.67. The van der Waals surface area contributed by atoms with E-state index in [-0.39, 0.29) is 57.5 Å². The van der Waals surface area contributed by atoms with Crippen LogP contribution < -0.4 is 60.4 Å². The Morgan fingerprint density at radius 3 is 1.62 bits per heavy atom. The van der Waals surface area contributed by atoms with Gasteiger partial charge in [0.15, 0.2) is 0 Å². The molecule has 0 spiro atoms. The van der Waals surface area contributed by atoms with Crippen molar-refractivity contribution in [2.75, 3.05) is 0 Å². The molecule has 0 saturated carbocycles. The monoisotopic (exact) mass is 434 g/mol. The predicted molar refractivity (Wildman–Crippen MR) is 117 cm³/mol. The summed E-state index contributed by atoms with van der Waals surface area (Å²) in [4.78, 5) is 0. The summed E-state index contributed by atoms with van der Waals surface area (Å²) in [6, 6.07) is 26.2. The van der Waals surface area contributed by atoms with Crippen LogP contribution in [0.1, 0.15) is 38.3 Å². The molecule has 0 heterocycles. The zero-order valence-electron chi connectivity index (χ0n) is 17.7. The van der Waals surface area contributed by atoms with Gasteiger partial charge in [-0.05, 0) is 24.3 Å². The molecule has 29 heavy (non-hydrogen) atoms. The Labute approximate surface area is 217 Å². The van der Waals surface area contributed by atoms with Crippen LogP contribution >= 0.6 is 7.60 Å². The van der Waals surface area contributed by atoms with E-state index >= 15 is 0 Å². The number of para-hydroxylation sites is 2. The second-order valence-electron chi connectivity index (χ2n) is 5.93. The zero-order valence-corrected chi connectivity index (χ0v) is 21.8. The van der Waals surface area contributed by atoms with Gasteiger partial charge in [-0.1, -0.05) is 69.2 Å². The molecule has 5 heteroatoms. The van der Waals surface area contributed by atoms with Gasteiger partial charge in [-0.25, -0.2) is 4.57 Å². The van der Waals surface area contributed by atoms with Gasteiger partial charge >= 0.3 is 59.0 Å². The minimum Gasteiger partial charge on any atom is -0.416 e. The summed E-state index contributed by atoms with van der Waals surface area (Å²) in [7, 11) is -3.43. The molecule has 0 aliphatic heterocycles. The van der Waals surface area contributed by atoms with Gasteiger partial charge in [0.2, 0.25) is 0 Å². The number of hydrogen-bond donors (Lipinski definition) is 0. The molecule has 0 radical (unpaired) electrons. The molecule has 3 aromatic rings. The summed E-state index contributed by atoms with van der Waals surface area (Å²) in [6.45, 7) is 6.10. The van der Waals surface area contributed by atoms with E-state index in [1.165, 1.54) is 0 Å². The number of benzene rings is 3. The van der Waals surface area contributed by atoms with E-state index in [4.69, 9.17) is 9.05 Å². The van der Waals surface area contributed by atoms with Gasteiger partial charge in [0.25, 0.3) is 0 Å². The van der Waals surface area contributed by atoms with Crippen molar-refractivity contribution in [1.82, 2.24) is 0 Å². The minimum absolute atomic E-state index is 0. The quantitative estimate of drug-likeness (QED) is 0.297. The van der Waals surface area contributed by atoms with Crippen LogP contribution in [0.3, 0.4) is 0 Å². The molecule has 0 fully saturated rings. The van der Waals surface area contributed by atoms with Gasteiger partial charge in [0.1, 0.15) is 11.5 Å². The van der Waals surface area contributed by atoms with Crippen LogP contribution in [0.15, 0.2) is 84.9 Å². The summed E-state index contributed by atoms with van der Waals surface area (Å²) in [5, 5.41) is 0. The Bertz CT molecular complexity index is 807. The fraction of sp³-hybridized carbons (Fsp3) is 0.208. The third kappa shape index (κ3) is 9.12. The van der Waals surface area contributed by atoms with E-state index in [0.717, 1.165) is 17.5 Å². The van der Waals surface area contributed by atoms with E-state index in [1.807, 2.05) is 74.5 Å². The summed E-state index contributed by atoms with van der Waals surface area (Å²) in [6.07, 6.45) is 3.32. The van der Waals surface area contributed by atoms with Crippen LogP contribution in [0.5, 0.6) is 11.5 Å². The molecule has 0 atom stereocenters. The molecule has 3 aromatic carbocycles. The number of hydrogen-bond acceptors (Lipinski definition) is 3. The Kier molecular flexibility index (Phi) is 12.6. The molecule has 0 aliphatic carbocycles. The molecule has 148 valence electrons. The standard InChI is InChI=1S/C22H22O3P.C2H6.K/c1-2-9-19-14-16-20(17-15-19)18-26(23,24-21-10-5-3-6-11-21)25-22-12-7-4-8-13-22;1-2;/h3-17H,2,18H2,1H3;1-2H3;/q-1;;+1. The van der Waals surface area contributed by atoms with Gasteiger partial charge in [-0.15, -0.1) is 12.1 Å². The van der Waals surface area contributed by atoms with Crippen LogP contribution in [0.4, 0.5) is 0 Å². The fourth-order valence-electron chi connectivity index (χ4n) is 2.59.